The number of epoxide rings is 1. The van der Waals surface area contributed by atoms with E-state index in [1.54, 1.807) is 6.92 Å². The number of aliphatic hydroxyl groups is 4. The summed E-state index contributed by atoms with van der Waals surface area (Å²) in [6.45, 7) is 4.26. The van der Waals surface area contributed by atoms with Gasteiger partial charge in [0, 0.05) is 85.1 Å². The van der Waals surface area contributed by atoms with Gasteiger partial charge in [0.25, 0.3) is 0 Å². The van der Waals surface area contributed by atoms with Crippen molar-refractivity contribution in [3.63, 3.8) is 0 Å². The van der Waals surface area contributed by atoms with Crippen LogP contribution in [0.4, 0.5) is 0 Å². The summed E-state index contributed by atoms with van der Waals surface area (Å²) in [6.07, 6.45) is 0.785. The first-order valence-electron chi connectivity index (χ1n) is 4.17. The predicted molar refractivity (Wildman–Crippen MR) is 48.1 cm³/mol. The van der Waals surface area contributed by atoms with Gasteiger partial charge in [-0.05, 0) is 13.8 Å². The Hall–Kier alpha value is 2.01. The second-order valence-electron chi connectivity index (χ2n) is 2.67. The van der Waals surface area contributed by atoms with Gasteiger partial charge in [-0.1, -0.05) is 0 Å². The predicted octanol–water partition coefficient (Wildman–Crippen LogP) is -0.920. The van der Waals surface area contributed by atoms with Gasteiger partial charge in [0.2, 0.25) is 0 Å². The maximum atomic E-state index is 8.36. The largest absolute Gasteiger partial charge is 0.397 e. The van der Waals surface area contributed by atoms with Crippen LogP contribution in [-0.4, -0.2) is 52.6 Å². The third-order valence-corrected chi connectivity index (χ3v) is 1.28. The summed E-state index contributed by atoms with van der Waals surface area (Å²) in [6, 6.07) is 0. The maximum Gasteiger partial charge on any atom is 0.140 e. The molecule has 5 nitrogen and oxygen atoms in total. The van der Waals surface area contributed by atoms with Crippen LogP contribution < -0.4 is 0 Å². The molecule has 1 aliphatic rings. The Kier molecular flexibility index (Phi) is 31.6. The van der Waals surface area contributed by atoms with Gasteiger partial charge in [0.05, 0.1) is 12.2 Å². The van der Waals surface area contributed by atoms with E-state index in [4.69, 9.17) is 25.2 Å². The summed E-state index contributed by atoms with van der Waals surface area (Å²) < 4.78 is 4.98. The van der Waals surface area contributed by atoms with E-state index in [9.17, 15) is 0 Å². The molecule has 1 saturated heterocycles. The third-order valence-electron chi connectivity index (χ3n) is 1.28. The Morgan fingerprint density at radius 1 is 1.13 bits per heavy atom. The van der Waals surface area contributed by atoms with Crippen LogP contribution in [0, 0.1) is 0 Å². The average Bonchev–Trinajstić information content (AvgIpc) is 2.72. The van der Waals surface area contributed by atoms with Crippen molar-refractivity contribution in [2.45, 2.75) is 25.9 Å². The van der Waals surface area contributed by atoms with Crippen LogP contribution >= 0.6 is 0 Å². The normalized spacial score (nSPS) is 20.4. The molecule has 2 radical (unpaired) electrons. The summed E-state index contributed by atoms with van der Waals surface area (Å²) >= 11 is 0. The first-order valence-corrected chi connectivity index (χ1v) is 4.17. The summed E-state index contributed by atoms with van der Waals surface area (Å²) in [5.74, 6) is 0. The smallest absolute Gasteiger partial charge is 0.140 e. The van der Waals surface area contributed by atoms with Crippen LogP contribution in [0.5, 0.6) is 0 Å². The molecule has 1 unspecified atom stereocenters. The molecule has 1 atom stereocenters. The van der Waals surface area contributed by atoms with Gasteiger partial charge in [0.15, 0.2) is 0 Å². The molecule has 0 aromatic rings. The molecule has 0 aromatic heterocycles. The zero-order valence-electron chi connectivity index (χ0n) is 9.39. The van der Waals surface area contributed by atoms with E-state index in [2.05, 4.69) is 0 Å². The van der Waals surface area contributed by atoms with Gasteiger partial charge in [0.1, 0.15) is 6.79 Å². The van der Waals surface area contributed by atoms with Crippen LogP contribution in [-0.2, 0) is 70.2 Å². The van der Waals surface area contributed by atoms with Crippen molar-refractivity contribution in [2.75, 3.05) is 26.6 Å². The van der Waals surface area contributed by atoms with E-state index < -0.39 is 6.79 Å². The van der Waals surface area contributed by atoms with Gasteiger partial charge in [-0.3, -0.25) is 0 Å². The van der Waals surface area contributed by atoms with Crippen molar-refractivity contribution in [2.24, 2.45) is 0 Å². The number of hydrogen-bond acceptors (Lipinski definition) is 5. The molecule has 4 N–H and O–H groups in total. The molecule has 0 bridgehead atoms. The summed E-state index contributed by atoms with van der Waals surface area (Å²) in [5, 5.41) is 30.2. The van der Waals surface area contributed by atoms with Crippen LogP contribution in [0.3, 0.4) is 0 Å². The number of ether oxygens (including phenoxy) is 1. The SMILES string of the molecule is CC1(CCO)CO1.CCO.OCO.[Y].[Y]. The topological polar surface area (TPSA) is 93.5 Å². The number of aliphatic hydroxyl groups excluding tert-OH is 3. The molecular weight excluding hydrogens is 354 g/mol. The fourth-order valence-electron chi connectivity index (χ4n) is 0.504. The average molecular weight is 374 g/mol. The Morgan fingerprint density at radius 2 is 1.40 bits per heavy atom. The van der Waals surface area contributed by atoms with Gasteiger partial charge in [-0.2, -0.15) is 0 Å². The fourth-order valence-corrected chi connectivity index (χ4v) is 0.504. The van der Waals surface area contributed by atoms with E-state index in [-0.39, 0.29) is 84.2 Å². The van der Waals surface area contributed by atoms with Gasteiger partial charge in [-0.15, -0.1) is 0 Å². The second-order valence-corrected chi connectivity index (χ2v) is 2.67. The maximum absolute atomic E-state index is 8.36. The molecule has 0 spiro atoms. The summed E-state index contributed by atoms with van der Waals surface area (Å²) in [5.41, 5.74) is 0.0503. The van der Waals surface area contributed by atoms with Crippen LogP contribution in [0.2, 0.25) is 0 Å². The van der Waals surface area contributed by atoms with Crippen molar-refractivity contribution < 1.29 is 90.6 Å². The van der Waals surface area contributed by atoms with Gasteiger partial charge >= 0.3 is 0 Å². The van der Waals surface area contributed by atoms with Crippen molar-refractivity contribution in [1.82, 2.24) is 0 Å². The second kappa shape index (κ2) is 18.4. The van der Waals surface area contributed by atoms with E-state index >= 15 is 0 Å². The first-order chi connectivity index (χ1) is 6.10. The Labute approximate surface area is 141 Å². The molecule has 0 amide bonds. The summed E-state index contributed by atoms with van der Waals surface area (Å²) in [4.78, 5) is 0. The molecule has 1 rings (SSSR count). The van der Waals surface area contributed by atoms with E-state index in [0.717, 1.165) is 13.0 Å². The minimum absolute atomic E-state index is 0. The monoisotopic (exact) mass is 374 g/mol. The Bertz CT molecular complexity index is 99.0. The van der Waals surface area contributed by atoms with Crippen LogP contribution in [0.25, 0.3) is 0 Å². The minimum Gasteiger partial charge on any atom is -0.397 e. The fraction of sp³-hybridized carbons (Fsp3) is 1.00. The molecule has 88 valence electrons. The van der Waals surface area contributed by atoms with E-state index in [1.165, 1.54) is 0 Å². The first kappa shape index (κ1) is 25.8. The molecule has 1 aliphatic heterocycles. The minimum atomic E-state index is -0.750. The molecule has 7 heteroatoms. The third kappa shape index (κ3) is 25.9. The van der Waals surface area contributed by atoms with Crippen LogP contribution in [0.15, 0.2) is 0 Å². The number of hydrogen-bond donors (Lipinski definition) is 4. The summed E-state index contributed by atoms with van der Waals surface area (Å²) in [7, 11) is 0. The Morgan fingerprint density at radius 3 is 1.47 bits per heavy atom. The molecule has 0 saturated carbocycles. The molecular formula is C8H20O5Y2. The van der Waals surface area contributed by atoms with Gasteiger partial charge < -0.3 is 25.2 Å². The molecule has 0 aromatic carbocycles. The zero-order chi connectivity index (χ0) is 10.7. The Balaban J connectivity index is -0.0000000665. The van der Waals surface area contributed by atoms with Crippen molar-refractivity contribution in [3.05, 3.63) is 0 Å². The zero-order valence-corrected chi connectivity index (χ0v) is 15.1. The number of rotatable bonds is 2. The van der Waals surface area contributed by atoms with Crippen molar-refractivity contribution in [3.8, 4) is 0 Å². The quantitative estimate of drug-likeness (QED) is 0.371. The van der Waals surface area contributed by atoms with Gasteiger partial charge in [-0.25, -0.2) is 0 Å². The van der Waals surface area contributed by atoms with E-state index in [0.29, 0.717) is 0 Å². The standard InChI is InChI=1S/C5H10O2.C2H6O.CH4O2.2Y/c1-5(2-3-6)4-7-5;1-2-3;2-1-3;;/h6H,2-4H2,1H3;3H,2H2,1H3;2-3H,1H2;;. The van der Waals surface area contributed by atoms with Crippen LogP contribution in [0.1, 0.15) is 20.3 Å². The molecule has 0 aliphatic carbocycles. The van der Waals surface area contributed by atoms with E-state index in [1.807, 2.05) is 6.92 Å². The van der Waals surface area contributed by atoms with Crippen molar-refractivity contribution >= 4 is 0 Å². The molecule has 1 heterocycles. The molecule has 15 heavy (non-hydrogen) atoms. The van der Waals surface area contributed by atoms with Crippen molar-refractivity contribution in [1.29, 1.82) is 0 Å². The molecule has 1 fully saturated rings.